The number of hydrogen-bond donors (Lipinski definition) is 2. The van der Waals surface area contributed by atoms with Gasteiger partial charge in [-0.1, -0.05) is 36.8 Å². The number of aromatic nitrogens is 1. The molecule has 3 rings (SSSR count). The highest BCUT2D eigenvalue weighted by Gasteiger charge is 2.23. The van der Waals surface area contributed by atoms with Crippen LogP contribution in [-0.4, -0.2) is 53.9 Å². The van der Waals surface area contributed by atoms with Gasteiger partial charge in [0.25, 0.3) is 0 Å². The van der Waals surface area contributed by atoms with Gasteiger partial charge in [-0.05, 0) is 33.1 Å². The first-order valence-electron chi connectivity index (χ1n) is 10.8. The summed E-state index contributed by atoms with van der Waals surface area (Å²) in [4.78, 5) is 32.4. The molecule has 1 aliphatic rings. The number of benzene rings is 1. The van der Waals surface area contributed by atoms with E-state index in [1.807, 2.05) is 13.8 Å². The van der Waals surface area contributed by atoms with Crippen LogP contribution in [-0.2, 0) is 16.0 Å². The van der Waals surface area contributed by atoms with Gasteiger partial charge in [-0.25, -0.2) is 4.98 Å². The lowest BCUT2D eigenvalue weighted by molar-refractivity contribution is -0.124. The van der Waals surface area contributed by atoms with Crippen molar-refractivity contribution in [3.63, 3.8) is 0 Å². The zero-order valence-electron chi connectivity index (χ0n) is 18.2. The molecule has 0 unspecified atom stereocenters. The van der Waals surface area contributed by atoms with E-state index in [1.54, 1.807) is 11.3 Å². The first-order chi connectivity index (χ1) is 14.4. The fourth-order valence-corrected chi connectivity index (χ4v) is 4.67. The van der Waals surface area contributed by atoms with E-state index in [0.717, 1.165) is 60.0 Å². The summed E-state index contributed by atoms with van der Waals surface area (Å²) in [7, 11) is 0. The Hall–Kier alpha value is -2.25. The standard InChI is InChI=1S/C23H32N4O2S/c1-4-11-24-22(29)15-27-12-9-19(10-13-27)26-21(28)14-20-23(25-17(3)30-20)18-7-5-16(2)6-8-18/h5-8,19H,4,9-15H2,1-3H3,(H,24,29)(H,26,28). The maximum absolute atomic E-state index is 12.7. The van der Waals surface area contributed by atoms with Crippen LogP contribution in [0.5, 0.6) is 0 Å². The molecule has 1 aromatic carbocycles. The van der Waals surface area contributed by atoms with Gasteiger partial charge in [0.15, 0.2) is 0 Å². The lowest BCUT2D eigenvalue weighted by atomic mass is 10.0. The van der Waals surface area contributed by atoms with E-state index in [0.29, 0.717) is 13.0 Å². The Morgan fingerprint density at radius 2 is 1.83 bits per heavy atom. The predicted octanol–water partition coefficient (Wildman–Crippen LogP) is 3.08. The Morgan fingerprint density at radius 3 is 2.50 bits per heavy atom. The largest absolute Gasteiger partial charge is 0.355 e. The smallest absolute Gasteiger partial charge is 0.234 e. The van der Waals surface area contributed by atoms with Crippen molar-refractivity contribution in [2.24, 2.45) is 0 Å². The van der Waals surface area contributed by atoms with Gasteiger partial charge in [-0.15, -0.1) is 11.3 Å². The summed E-state index contributed by atoms with van der Waals surface area (Å²) < 4.78 is 0. The average molecular weight is 429 g/mol. The van der Waals surface area contributed by atoms with E-state index in [2.05, 4.69) is 51.7 Å². The van der Waals surface area contributed by atoms with Crippen LogP contribution in [0.15, 0.2) is 24.3 Å². The van der Waals surface area contributed by atoms with E-state index in [1.165, 1.54) is 5.56 Å². The Kier molecular flexibility index (Phi) is 7.99. The summed E-state index contributed by atoms with van der Waals surface area (Å²) in [5, 5.41) is 7.08. The molecule has 1 saturated heterocycles. The van der Waals surface area contributed by atoms with Crippen molar-refractivity contribution in [2.75, 3.05) is 26.2 Å². The van der Waals surface area contributed by atoms with Crippen LogP contribution in [0.4, 0.5) is 0 Å². The lowest BCUT2D eigenvalue weighted by Gasteiger charge is -2.31. The molecule has 6 nitrogen and oxygen atoms in total. The molecule has 1 fully saturated rings. The van der Waals surface area contributed by atoms with Gasteiger partial charge >= 0.3 is 0 Å². The number of likely N-dealkylation sites (tertiary alicyclic amines) is 1. The summed E-state index contributed by atoms with van der Waals surface area (Å²) in [6.45, 7) is 8.93. The molecular weight excluding hydrogens is 396 g/mol. The second kappa shape index (κ2) is 10.7. The van der Waals surface area contributed by atoms with E-state index < -0.39 is 0 Å². The Morgan fingerprint density at radius 1 is 1.13 bits per heavy atom. The summed E-state index contributed by atoms with van der Waals surface area (Å²) in [5.41, 5.74) is 3.18. The number of carbonyl (C=O) groups excluding carboxylic acids is 2. The number of rotatable bonds is 8. The highest BCUT2D eigenvalue weighted by Crippen LogP contribution is 2.28. The normalized spacial score (nSPS) is 15.2. The average Bonchev–Trinajstić information content (AvgIpc) is 3.08. The number of piperidine rings is 1. The zero-order valence-corrected chi connectivity index (χ0v) is 19.0. The minimum Gasteiger partial charge on any atom is -0.355 e. The quantitative estimate of drug-likeness (QED) is 0.678. The molecule has 0 radical (unpaired) electrons. The molecule has 30 heavy (non-hydrogen) atoms. The Bertz CT molecular complexity index is 855. The van der Waals surface area contributed by atoms with Crippen LogP contribution in [0.2, 0.25) is 0 Å². The van der Waals surface area contributed by atoms with Gasteiger partial charge in [0.1, 0.15) is 0 Å². The monoisotopic (exact) mass is 428 g/mol. The topological polar surface area (TPSA) is 74.3 Å². The number of nitrogens with one attached hydrogen (secondary N) is 2. The van der Waals surface area contributed by atoms with E-state index in [9.17, 15) is 9.59 Å². The molecule has 2 amide bonds. The molecule has 0 aliphatic carbocycles. The SMILES string of the molecule is CCCNC(=O)CN1CCC(NC(=O)Cc2sc(C)nc2-c2ccc(C)cc2)CC1. The number of amides is 2. The van der Waals surface area contributed by atoms with Crippen molar-refractivity contribution in [1.29, 1.82) is 0 Å². The third-order valence-electron chi connectivity index (χ3n) is 5.34. The Labute approximate surface area is 183 Å². The zero-order chi connectivity index (χ0) is 21.5. The molecule has 0 bridgehead atoms. The molecule has 2 N–H and O–H groups in total. The number of hydrogen-bond acceptors (Lipinski definition) is 5. The summed E-state index contributed by atoms with van der Waals surface area (Å²) in [6, 6.07) is 8.45. The van der Waals surface area contributed by atoms with Gasteiger partial charge in [0, 0.05) is 36.1 Å². The fraction of sp³-hybridized carbons (Fsp3) is 0.522. The first kappa shape index (κ1) is 22.4. The molecular formula is C23H32N4O2S. The first-order valence-corrected chi connectivity index (χ1v) is 11.6. The highest BCUT2D eigenvalue weighted by atomic mass is 32.1. The summed E-state index contributed by atoms with van der Waals surface area (Å²) in [6.07, 6.45) is 3.05. The van der Waals surface area contributed by atoms with Gasteiger partial charge in [-0.3, -0.25) is 14.5 Å². The van der Waals surface area contributed by atoms with Crippen LogP contribution >= 0.6 is 11.3 Å². The van der Waals surface area contributed by atoms with Crippen molar-refractivity contribution >= 4 is 23.2 Å². The van der Waals surface area contributed by atoms with Crippen LogP contribution in [0.3, 0.4) is 0 Å². The second-order valence-corrected chi connectivity index (χ2v) is 9.30. The molecule has 0 spiro atoms. The van der Waals surface area contributed by atoms with Crippen LogP contribution in [0, 0.1) is 13.8 Å². The summed E-state index contributed by atoms with van der Waals surface area (Å²) >= 11 is 1.59. The Balaban J connectivity index is 1.50. The van der Waals surface area contributed by atoms with E-state index >= 15 is 0 Å². The molecule has 7 heteroatoms. The number of carbonyl (C=O) groups is 2. The molecule has 2 heterocycles. The van der Waals surface area contributed by atoms with Gasteiger partial charge < -0.3 is 10.6 Å². The maximum atomic E-state index is 12.7. The van der Waals surface area contributed by atoms with E-state index in [-0.39, 0.29) is 17.9 Å². The van der Waals surface area contributed by atoms with Crippen molar-refractivity contribution in [1.82, 2.24) is 20.5 Å². The van der Waals surface area contributed by atoms with Gasteiger partial charge in [0.2, 0.25) is 11.8 Å². The van der Waals surface area contributed by atoms with Crippen LogP contribution in [0.25, 0.3) is 11.3 Å². The van der Waals surface area contributed by atoms with E-state index in [4.69, 9.17) is 0 Å². The second-order valence-electron chi connectivity index (χ2n) is 8.02. The van der Waals surface area contributed by atoms with Crippen molar-refractivity contribution in [3.05, 3.63) is 39.7 Å². The molecule has 2 aromatic rings. The minimum absolute atomic E-state index is 0.0474. The third kappa shape index (κ3) is 6.37. The molecule has 1 aliphatic heterocycles. The number of aryl methyl sites for hydroxylation is 2. The third-order valence-corrected chi connectivity index (χ3v) is 6.31. The van der Waals surface area contributed by atoms with Crippen LogP contribution < -0.4 is 10.6 Å². The molecule has 0 atom stereocenters. The number of thiazole rings is 1. The molecule has 162 valence electrons. The summed E-state index contributed by atoms with van der Waals surface area (Å²) in [5.74, 6) is 0.134. The van der Waals surface area contributed by atoms with Crippen molar-refractivity contribution < 1.29 is 9.59 Å². The van der Waals surface area contributed by atoms with Crippen molar-refractivity contribution in [2.45, 2.75) is 52.5 Å². The van der Waals surface area contributed by atoms with Crippen LogP contribution in [0.1, 0.15) is 41.6 Å². The van der Waals surface area contributed by atoms with Crippen molar-refractivity contribution in [3.8, 4) is 11.3 Å². The molecule has 1 aromatic heterocycles. The molecule has 0 saturated carbocycles. The maximum Gasteiger partial charge on any atom is 0.234 e. The van der Waals surface area contributed by atoms with Gasteiger partial charge in [-0.2, -0.15) is 0 Å². The fourth-order valence-electron chi connectivity index (χ4n) is 3.71. The predicted molar refractivity (Wildman–Crippen MR) is 122 cm³/mol. The minimum atomic E-state index is 0.0474. The highest BCUT2D eigenvalue weighted by molar-refractivity contribution is 7.12. The number of nitrogens with zero attached hydrogens (tertiary/aromatic N) is 2. The lowest BCUT2D eigenvalue weighted by Crippen LogP contribution is -2.47. The van der Waals surface area contributed by atoms with Gasteiger partial charge in [0.05, 0.1) is 23.7 Å².